The van der Waals surface area contributed by atoms with Crippen molar-refractivity contribution in [3.63, 3.8) is 0 Å². The van der Waals surface area contributed by atoms with Crippen LogP contribution in [0, 0.1) is 17.3 Å². The Balaban J connectivity index is 1.95. The molecule has 0 fully saturated rings. The Bertz CT molecular complexity index is 928. The minimum atomic E-state index is 0.0981. The first kappa shape index (κ1) is 20.2. The average Bonchev–Trinajstić information content (AvgIpc) is 3.15. The number of rotatable bonds is 4. The van der Waals surface area contributed by atoms with Gasteiger partial charge in [0, 0.05) is 11.8 Å². The second-order valence-corrected chi connectivity index (χ2v) is 10.3. The van der Waals surface area contributed by atoms with E-state index in [2.05, 4.69) is 104 Å². The maximum Gasteiger partial charge on any atom is 0.0123 e. The molecule has 0 heteroatoms. The van der Waals surface area contributed by atoms with Gasteiger partial charge in [-0.1, -0.05) is 101 Å². The molecule has 0 bridgehead atoms. The van der Waals surface area contributed by atoms with E-state index in [1.165, 1.54) is 33.4 Å². The van der Waals surface area contributed by atoms with Gasteiger partial charge in [-0.3, -0.25) is 0 Å². The van der Waals surface area contributed by atoms with E-state index in [1.54, 1.807) is 11.1 Å². The number of fused-ring (bicyclic) bond motifs is 2. The van der Waals surface area contributed by atoms with E-state index in [0.29, 0.717) is 23.7 Å². The summed E-state index contributed by atoms with van der Waals surface area (Å²) in [5.74, 6) is 2.01. The number of allylic oxidation sites excluding steroid dienone is 4. The zero-order valence-corrected chi connectivity index (χ0v) is 19.4. The Morgan fingerprint density at radius 1 is 0.621 bits per heavy atom. The summed E-state index contributed by atoms with van der Waals surface area (Å²) in [6.45, 7) is 19.2. The predicted molar refractivity (Wildman–Crippen MR) is 127 cm³/mol. The summed E-state index contributed by atoms with van der Waals surface area (Å²) in [4.78, 5) is 0. The van der Waals surface area contributed by atoms with Crippen molar-refractivity contribution in [1.82, 2.24) is 0 Å². The highest BCUT2D eigenvalue weighted by Crippen LogP contribution is 2.62. The monoisotopic (exact) mass is 384 g/mol. The fourth-order valence-corrected chi connectivity index (χ4v) is 6.56. The molecule has 0 nitrogen and oxygen atoms in total. The lowest BCUT2D eigenvalue weighted by molar-refractivity contribution is 0.257. The molecule has 0 spiro atoms. The molecule has 29 heavy (non-hydrogen) atoms. The minimum Gasteiger partial charge on any atom is -0.0619 e. The van der Waals surface area contributed by atoms with Crippen LogP contribution in [-0.4, -0.2) is 0 Å². The molecule has 2 aliphatic carbocycles. The van der Waals surface area contributed by atoms with Gasteiger partial charge in [0.2, 0.25) is 0 Å². The molecule has 2 atom stereocenters. The van der Waals surface area contributed by atoms with Crippen LogP contribution in [0.4, 0.5) is 0 Å². The summed E-state index contributed by atoms with van der Waals surface area (Å²) in [5, 5.41) is 0. The SMILES string of the molecule is CC1=C(C(C)C)C(C(C)(C)C2C(C(C)C)=C(C)c3ccccc32)c2ccccc21. The smallest absolute Gasteiger partial charge is 0.0123 e. The van der Waals surface area contributed by atoms with Crippen molar-refractivity contribution in [3.8, 4) is 0 Å². The molecule has 4 rings (SSSR count). The van der Waals surface area contributed by atoms with Crippen LogP contribution in [0.3, 0.4) is 0 Å². The second kappa shape index (κ2) is 7.01. The van der Waals surface area contributed by atoms with Crippen LogP contribution >= 0.6 is 0 Å². The quantitative estimate of drug-likeness (QED) is 0.496. The van der Waals surface area contributed by atoms with E-state index in [0.717, 1.165) is 0 Å². The van der Waals surface area contributed by atoms with Crippen molar-refractivity contribution in [1.29, 1.82) is 0 Å². The predicted octanol–water partition coefficient (Wildman–Crippen LogP) is 8.47. The van der Waals surface area contributed by atoms with Crippen LogP contribution in [0.1, 0.15) is 89.5 Å². The maximum absolute atomic E-state index is 2.53. The van der Waals surface area contributed by atoms with Crippen molar-refractivity contribution in [2.24, 2.45) is 17.3 Å². The normalized spacial score (nSPS) is 21.4. The first-order valence-corrected chi connectivity index (χ1v) is 11.3. The van der Waals surface area contributed by atoms with Crippen molar-refractivity contribution in [2.75, 3.05) is 0 Å². The van der Waals surface area contributed by atoms with Gasteiger partial charge >= 0.3 is 0 Å². The van der Waals surface area contributed by atoms with E-state index >= 15 is 0 Å². The Hall–Kier alpha value is -2.08. The highest BCUT2D eigenvalue weighted by Gasteiger charge is 2.49. The number of hydrogen-bond donors (Lipinski definition) is 0. The molecule has 0 saturated heterocycles. The Morgan fingerprint density at radius 3 is 1.31 bits per heavy atom. The van der Waals surface area contributed by atoms with Gasteiger partial charge < -0.3 is 0 Å². The van der Waals surface area contributed by atoms with Crippen LogP contribution in [0.2, 0.25) is 0 Å². The highest BCUT2D eigenvalue weighted by atomic mass is 14.5. The summed E-state index contributed by atoms with van der Waals surface area (Å²) < 4.78 is 0. The van der Waals surface area contributed by atoms with Crippen LogP contribution in [0.15, 0.2) is 59.7 Å². The fraction of sp³-hybridized carbons (Fsp3) is 0.448. The van der Waals surface area contributed by atoms with Crippen LogP contribution in [0.25, 0.3) is 11.1 Å². The van der Waals surface area contributed by atoms with E-state index < -0.39 is 0 Å². The number of hydrogen-bond acceptors (Lipinski definition) is 0. The molecule has 0 heterocycles. The second-order valence-electron chi connectivity index (χ2n) is 10.3. The van der Waals surface area contributed by atoms with Crippen molar-refractivity contribution in [2.45, 2.75) is 67.2 Å². The molecule has 2 unspecified atom stereocenters. The molecule has 0 radical (unpaired) electrons. The lowest BCUT2D eigenvalue weighted by Gasteiger charge is -2.43. The summed E-state index contributed by atoms with van der Waals surface area (Å²) in [7, 11) is 0. The fourth-order valence-electron chi connectivity index (χ4n) is 6.56. The molecule has 0 aromatic heterocycles. The Labute approximate surface area is 177 Å². The van der Waals surface area contributed by atoms with Gasteiger partial charge in [0.1, 0.15) is 0 Å². The first-order chi connectivity index (χ1) is 13.7. The van der Waals surface area contributed by atoms with E-state index in [-0.39, 0.29) is 5.41 Å². The van der Waals surface area contributed by atoms with Gasteiger partial charge in [0.05, 0.1) is 0 Å². The van der Waals surface area contributed by atoms with Crippen molar-refractivity contribution < 1.29 is 0 Å². The summed E-state index contributed by atoms with van der Waals surface area (Å²) >= 11 is 0. The highest BCUT2D eigenvalue weighted by molar-refractivity contribution is 5.80. The molecule has 0 aliphatic heterocycles. The third kappa shape index (κ3) is 2.87. The molecule has 152 valence electrons. The van der Waals surface area contributed by atoms with Crippen LogP contribution < -0.4 is 0 Å². The van der Waals surface area contributed by atoms with Crippen LogP contribution in [-0.2, 0) is 0 Å². The van der Waals surface area contributed by atoms with Gasteiger partial charge in [0.15, 0.2) is 0 Å². The van der Waals surface area contributed by atoms with E-state index in [1.807, 2.05) is 0 Å². The van der Waals surface area contributed by atoms with Gasteiger partial charge in [0.25, 0.3) is 0 Å². The third-order valence-electron chi connectivity index (χ3n) is 7.57. The summed E-state index contributed by atoms with van der Waals surface area (Å²) in [6, 6.07) is 18.3. The van der Waals surface area contributed by atoms with E-state index in [9.17, 15) is 0 Å². The molecule has 0 saturated carbocycles. The molecule has 2 aromatic rings. The molecular formula is C29H36. The zero-order chi connectivity index (χ0) is 21.1. The standard InChI is InChI=1S/C29H36/c1-17(2)25-19(5)21-13-9-11-15-23(21)27(25)29(7,8)28-24-16-12-10-14-22(24)20(6)26(28)18(3)4/h9-18,27-28H,1-8H3. The third-order valence-corrected chi connectivity index (χ3v) is 7.57. The topological polar surface area (TPSA) is 0 Å². The van der Waals surface area contributed by atoms with Gasteiger partial charge in [-0.25, -0.2) is 0 Å². The minimum absolute atomic E-state index is 0.0981. The lowest BCUT2D eigenvalue weighted by Crippen LogP contribution is -2.32. The molecule has 0 amide bonds. The number of benzene rings is 2. The largest absolute Gasteiger partial charge is 0.0619 e. The van der Waals surface area contributed by atoms with Gasteiger partial charge in [-0.05, 0) is 64.5 Å². The molecule has 2 aliphatic rings. The first-order valence-electron chi connectivity index (χ1n) is 11.3. The average molecular weight is 385 g/mol. The van der Waals surface area contributed by atoms with Gasteiger partial charge in [-0.2, -0.15) is 0 Å². The van der Waals surface area contributed by atoms with Crippen molar-refractivity contribution in [3.05, 3.63) is 81.9 Å². The van der Waals surface area contributed by atoms with E-state index in [4.69, 9.17) is 0 Å². The maximum atomic E-state index is 2.53. The Morgan fingerprint density at radius 2 is 0.966 bits per heavy atom. The molecular weight excluding hydrogens is 348 g/mol. The molecule has 2 aromatic carbocycles. The Kier molecular flexibility index (Phi) is 4.88. The summed E-state index contributed by atoms with van der Waals surface area (Å²) in [5.41, 5.74) is 12.4. The summed E-state index contributed by atoms with van der Waals surface area (Å²) in [6.07, 6.45) is 0. The van der Waals surface area contributed by atoms with Crippen LogP contribution in [0.5, 0.6) is 0 Å². The zero-order valence-electron chi connectivity index (χ0n) is 19.4. The molecule has 0 N–H and O–H groups in total. The van der Waals surface area contributed by atoms with Gasteiger partial charge in [-0.15, -0.1) is 0 Å². The lowest BCUT2D eigenvalue weighted by atomic mass is 9.60. The van der Waals surface area contributed by atoms with Crippen molar-refractivity contribution >= 4 is 11.1 Å².